The van der Waals surface area contributed by atoms with Crippen LogP contribution in [0.4, 0.5) is 0 Å². The maximum Gasteiger partial charge on any atom is 0.252 e. The second-order valence-corrected chi connectivity index (χ2v) is 8.23. The van der Waals surface area contributed by atoms with E-state index in [-0.39, 0.29) is 23.8 Å². The maximum atomic E-state index is 12.9. The van der Waals surface area contributed by atoms with Crippen molar-refractivity contribution >= 4 is 21.8 Å². The van der Waals surface area contributed by atoms with Crippen LogP contribution < -0.4 is 5.32 Å². The Balaban J connectivity index is 2.18. The van der Waals surface area contributed by atoms with E-state index in [2.05, 4.69) is 42.0 Å². The second-order valence-electron chi connectivity index (χ2n) is 7.38. The van der Waals surface area contributed by atoms with E-state index in [4.69, 9.17) is 0 Å². The van der Waals surface area contributed by atoms with Crippen molar-refractivity contribution in [1.29, 1.82) is 0 Å². The number of benzene rings is 1. The summed E-state index contributed by atoms with van der Waals surface area (Å²) in [4.78, 5) is 12.9. The predicted octanol–water partition coefficient (Wildman–Crippen LogP) is 4.45. The van der Waals surface area contributed by atoms with Crippen molar-refractivity contribution < 1.29 is 9.90 Å². The molecule has 0 heterocycles. The van der Waals surface area contributed by atoms with Gasteiger partial charge >= 0.3 is 0 Å². The second kappa shape index (κ2) is 7.35. The van der Waals surface area contributed by atoms with Gasteiger partial charge in [-0.05, 0) is 49.1 Å². The molecule has 0 radical (unpaired) electrons. The number of rotatable bonds is 4. The van der Waals surface area contributed by atoms with Crippen LogP contribution in [0.25, 0.3) is 0 Å². The highest BCUT2D eigenvalue weighted by molar-refractivity contribution is 9.10. The van der Waals surface area contributed by atoms with E-state index in [9.17, 15) is 9.90 Å². The topological polar surface area (TPSA) is 49.3 Å². The van der Waals surface area contributed by atoms with Crippen molar-refractivity contribution in [3.05, 3.63) is 34.3 Å². The molecule has 23 heavy (non-hydrogen) atoms. The standard InChI is InChI=1S/C19H28BrNO2/c1-12(2)16-10-9-13(3)11-19(16,23)18(22)21-14(4)15-7-5-6-8-17(15)20/h5-8,12-14,16,23H,9-11H2,1-4H3,(H,21,22)/t13?,14?,16?,19-/m1/s1. The van der Waals surface area contributed by atoms with E-state index in [1.54, 1.807) is 0 Å². The summed E-state index contributed by atoms with van der Waals surface area (Å²) >= 11 is 3.53. The van der Waals surface area contributed by atoms with E-state index in [1.807, 2.05) is 31.2 Å². The molecule has 0 aliphatic heterocycles. The Labute approximate surface area is 148 Å². The number of hydrogen-bond acceptors (Lipinski definition) is 2. The van der Waals surface area contributed by atoms with Gasteiger partial charge in [-0.15, -0.1) is 0 Å². The summed E-state index contributed by atoms with van der Waals surface area (Å²) in [5, 5.41) is 14.2. The number of halogens is 1. The Morgan fingerprint density at radius 2 is 1.96 bits per heavy atom. The average molecular weight is 382 g/mol. The van der Waals surface area contributed by atoms with Crippen LogP contribution in [0, 0.1) is 17.8 Å². The fraction of sp³-hybridized carbons (Fsp3) is 0.632. The zero-order chi connectivity index (χ0) is 17.2. The number of carbonyl (C=O) groups excluding carboxylic acids is 1. The van der Waals surface area contributed by atoms with Gasteiger partial charge < -0.3 is 10.4 Å². The molecule has 1 aromatic rings. The smallest absolute Gasteiger partial charge is 0.252 e. The van der Waals surface area contributed by atoms with Crippen LogP contribution >= 0.6 is 15.9 Å². The fourth-order valence-electron chi connectivity index (χ4n) is 3.86. The molecule has 1 aromatic carbocycles. The Bertz CT molecular complexity index is 560. The van der Waals surface area contributed by atoms with Crippen LogP contribution in [0.5, 0.6) is 0 Å². The van der Waals surface area contributed by atoms with E-state index in [1.165, 1.54) is 0 Å². The number of carbonyl (C=O) groups is 1. The minimum atomic E-state index is -1.26. The van der Waals surface area contributed by atoms with Gasteiger partial charge in [0, 0.05) is 4.47 Å². The molecule has 3 unspecified atom stereocenters. The van der Waals surface area contributed by atoms with Crippen molar-refractivity contribution in [3.63, 3.8) is 0 Å². The Morgan fingerprint density at radius 3 is 2.57 bits per heavy atom. The molecule has 4 heteroatoms. The average Bonchev–Trinajstić information content (AvgIpc) is 2.46. The lowest BCUT2D eigenvalue weighted by Crippen LogP contribution is -2.56. The molecule has 1 aliphatic carbocycles. The van der Waals surface area contributed by atoms with E-state index in [0.717, 1.165) is 22.9 Å². The molecule has 1 saturated carbocycles. The molecule has 2 rings (SSSR count). The van der Waals surface area contributed by atoms with Gasteiger partial charge in [0.05, 0.1) is 6.04 Å². The first-order valence-electron chi connectivity index (χ1n) is 8.53. The first kappa shape index (κ1) is 18.5. The van der Waals surface area contributed by atoms with Crippen molar-refractivity contribution in [2.75, 3.05) is 0 Å². The molecular weight excluding hydrogens is 354 g/mol. The SMILES string of the molecule is CC1CCC(C(C)C)[C@@](O)(C(=O)NC(C)c2ccccc2Br)C1. The first-order chi connectivity index (χ1) is 10.8. The molecule has 2 N–H and O–H groups in total. The van der Waals surface area contributed by atoms with Crippen molar-refractivity contribution in [2.45, 2.75) is 58.6 Å². The molecule has 0 aromatic heterocycles. The molecule has 128 valence electrons. The summed E-state index contributed by atoms with van der Waals surface area (Å²) in [6.45, 7) is 8.26. The van der Waals surface area contributed by atoms with Crippen LogP contribution in [0.2, 0.25) is 0 Å². The molecule has 0 bridgehead atoms. The minimum Gasteiger partial charge on any atom is -0.380 e. The van der Waals surface area contributed by atoms with Crippen molar-refractivity contribution in [2.24, 2.45) is 17.8 Å². The van der Waals surface area contributed by atoms with E-state index < -0.39 is 5.60 Å². The highest BCUT2D eigenvalue weighted by Crippen LogP contribution is 2.41. The maximum absolute atomic E-state index is 12.9. The lowest BCUT2D eigenvalue weighted by molar-refractivity contribution is -0.156. The molecule has 0 spiro atoms. The summed E-state index contributed by atoms with van der Waals surface area (Å²) in [5.74, 6) is 0.452. The summed E-state index contributed by atoms with van der Waals surface area (Å²) in [5.41, 5.74) is -0.240. The highest BCUT2D eigenvalue weighted by Gasteiger charge is 2.48. The van der Waals surface area contributed by atoms with E-state index >= 15 is 0 Å². The summed E-state index contributed by atoms with van der Waals surface area (Å²) in [7, 11) is 0. The fourth-order valence-corrected chi connectivity index (χ4v) is 4.49. The lowest BCUT2D eigenvalue weighted by atomic mass is 9.66. The van der Waals surface area contributed by atoms with Crippen LogP contribution in [0.1, 0.15) is 58.6 Å². The number of amides is 1. The van der Waals surface area contributed by atoms with Gasteiger partial charge in [-0.1, -0.05) is 61.3 Å². The van der Waals surface area contributed by atoms with Crippen molar-refractivity contribution in [1.82, 2.24) is 5.32 Å². The number of aliphatic hydroxyl groups is 1. The monoisotopic (exact) mass is 381 g/mol. The Morgan fingerprint density at radius 1 is 1.30 bits per heavy atom. The molecule has 0 saturated heterocycles. The van der Waals surface area contributed by atoms with Gasteiger partial charge in [0.2, 0.25) is 0 Å². The molecule has 1 amide bonds. The summed E-state index contributed by atoms with van der Waals surface area (Å²) in [6.07, 6.45) is 2.54. The van der Waals surface area contributed by atoms with E-state index in [0.29, 0.717) is 12.3 Å². The molecular formula is C19H28BrNO2. The third kappa shape index (κ3) is 3.97. The zero-order valence-corrected chi connectivity index (χ0v) is 16.1. The zero-order valence-electron chi connectivity index (χ0n) is 14.5. The number of nitrogens with one attached hydrogen (secondary N) is 1. The largest absolute Gasteiger partial charge is 0.380 e. The summed E-state index contributed by atoms with van der Waals surface area (Å²) < 4.78 is 0.970. The Kier molecular flexibility index (Phi) is 5.90. The van der Waals surface area contributed by atoms with Gasteiger partial charge in [0.25, 0.3) is 5.91 Å². The van der Waals surface area contributed by atoms with Crippen LogP contribution in [-0.4, -0.2) is 16.6 Å². The summed E-state index contributed by atoms with van der Waals surface area (Å²) in [6, 6.07) is 7.71. The molecule has 3 nitrogen and oxygen atoms in total. The third-order valence-corrected chi connectivity index (χ3v) is 5.88. The Hall–Kier alpha value is -0.870. The molecule has 4 atom stereocenters. The van der Waals surface area contributed by atoms with Gasteiger partial charge in [0.15, 0.2) is 0 Å². The van der Waals surface area contributed by atoms with Crippen LogP contribution in [0.3, 0.4) is 0 Å². The predicted molar refractivity (Wildman–Crippen MR) is 97.0 cm³/mol. The number of hydrogen-bond donors (Lipinski definition) is 2. The van der Waals surface area contributed by atoms with Gasteiger partial charge in [0.1, 0.15) is 5.60 Å². The van der Waals surface area contributed by atoms with Gasteiger partial charge in [-0.25, -0.2) is 0 Å². The quantitative estimate of drug-likeness (QED) is 0.808. The van der Waals surface area contributed by atoms with Gasteiger partial charge in [-0.2, -0.15) is 0 Å². The third-order valence-electron chi connectivity index (χ3n) is 5.16. The minimum absolute atomic E-state index is 0.0186. The van der Waals surface area contributed by atoms with Gasteiger partial charge in [-0.3, -0.25) is 4.79 Å². The van der Waals surface area contributed by atoms with Crippen molar-refractivity contribution in [3.8, 4) is 0 Å². The first-order valence-corrected chi connectivity index (χ1v) is 9.32. The highest BCUT2D eigenvalue weighted by atomic mass is 79.9. The normalized spacial score (nSPS) is 29.3. The molecule has 1 fully saturated rings. The van der Waals surface area contributed by atoms with Crippen LogP contribution in [0.15, 0.2) is 28.7 Å². The molecule has 1 aliphatic rings. The lowest BCUT2D eigenvalue weighted by Gasteiger charge is -2.43. The van der Waals surface area contributed by atoms with Crippen LogP contribution in [-0.2, 0) is 4.79 Å².